The van der Waals surface area contributed by atoms with Gasteiger partial charge in [-0.05, 0) is 50.0 Å². The lowest BCUT2D eigenvalue weighted by atomic mass is 9.99. The van der Waals surface area contributed by atoms with Crippen molar-refractivity contribution in [1.82, 2.24) is 5.32 Å². The normalized spacial score (nSPS) is 18.9. The molecule has 4 nitrogen and oxygen atoms in total. The van der Waals surface area contributed by atoms with Crippen LogP contribution in [0.5, 0.6) is 0 Å². The molecule has 0 aromatic heterocycles. The molecular weight excluding hydrogens is 257 g/mol. The van der Waals surface area contributed by atoms with Crippen molar-refractivity contribution in [3.8, 4) is 0 Å². The van der Waals surface area contributed by atoms with E-state index in [1.165, 1.54) is 6.07 Å². The van der Waals surface area contributed by atoms with Gasteiger partial charge in [0.1, 0.15) is 5.82 Å². The van der Waals surface area contributed by atoms with Crippen molar-refractivity contribution in [3.05, 3.63) is 24.0 Å². The maximum atomic E-state index is 14.1. The van der Waals surface area contributed by atoms with E-state index in [2.05, 4.69) is 15.5 Å². The van der Waals surface area contributed by atoms with Crippen LogP contribution in [0.1, 0.15) is 19.3 Å². The number of nitrogens with zero attached hydrogens (tertiary/aromatic N) is 1. The van der Waals surface area contributed by atoms with E-state index in [0.717, 1.165) is 39.0 Å². The number of benzene rings is 1. The van der Waals surface area contributed by atoms with Crippen molar-refractivity contribution in [2.75, 3.05) is 36.4 Å². The molecule has 2 N–H and O–H groups in total. The smallest absolute Gasteiger partial charge is 0.224 e. The van der Waals surface area contributed by atoms with Gasteiger partial charge in [-0.25, -0.2) is 4.39 Å². The third kappa shape index (κ3) is 2.93. The van der Waals surface area contributed by atoms with Crippen molar-refractivity contribution >= 4 is 17.3 Å². The van der Waals surface area contributed by atoms with Gasteiger partial charge < -0.3 is 15.5 Å². The Balaban J connectivity index is 1.62. The molecule has 1 aromatic rings. The molecule has 5 heteroatoms. The fourth-order valence-corrected chi connectivity index (χ4v) is 2.77. The van der Waals surface area contributed by atoms with Crippen molar-refractivity contribution in [2.45, 2.75) is 19.3 Å². The van der Waals surface area contributed by atoms with Gasteiger partial charge in [0.2, 0.25) is 5.91 Å². The summed E-state index contributed by atoms with van der Waals surface area (Å²) >= 11 is 0. The third-order valence-electron chi connectivity index (χ3n) is 4.02. The Morgan fingerprint density at radius 1 is 1.35 bits per heavy atom. The molecule has 0 spiro atoms. The van der Waals surface area contributed by atoms with Crippen LogP contribution < -0.4 is 15.5 Å². The molecule has 3 rings (SSSR count). The van der Waals surface area contributed by atoms with Crippen LogP contribution in [-0.4, -0.2) is 32.1 Å². The van der Waals surface area contributed by atoms with E-state index in [0.29, 0.717) is 23.7 Å². The molecule has 2 aliphatic heterocycles. The van der Waals surface area contributed by atoms with Crippen LogP contribution >= 0.6 is 0 Å². The number of carbonyl (C=O) groups is 1. The SMILES string of the molecule is O=C(CC1CNC1)Nc1ccc(N2CCCC2)c(F)c1. The van der Waals surface area contributed by atoms with E-state index < -0.39 is 0 Å². The zero-order chi connectivity index (χ0) is 13.9. The molecule has 0 bridgehead atoms. The van der Waals surface area contributed by atoms with Gasteiger partial charge in [0, 0.05) is 25.2 Å². The van der Waals surface area contributed by atoms with Gasteiger partial charge in [-0.15, -0.1) is 0 Å². The van der Waals surface area contributed by atoms with Crippen molar-refractivity contribution in [2.24, 2.45) is 5.92 Å². The average molecular weight is 277 g/mol. The molecule has 20 heavy (non-hydrogen) atoms. The topological polar surface area (TPSA) is 44.4 Å². The maximum absolute atomic E-state index is 14.1. The molecule has 1 amide bonds. The van der Waals surface area contributed by atoms with Crippen molar-refractivity contribution in [1.29, 1.82) is 0 Å². The number of amides is 1. The Morgan fingerprint density at radius 3 is 2.70 bits per heavy atom. The standard InChI is InChI=1S/C15H20FN3O/c16-13-8-12(18-15(20)7-11-9-17-10-11)3-4-14(13)19-5-1-2-6-19/h3-4,8,11,17H,1-2,5-7,9-10H2,(H,18,20). The molecule has 0 aliphatic carbocycles. The molecule has 108 valence electrons. The molecule has 0 unspecified atom stereocenters. The van der Waals surface area contributed by atoms with Crippen LogP contribution in [-0.2, 0) is 4.79 Å². The monoisotopic (exact) mass is 277 g/mol. The molecule has 2 saturated heterocycles. The fourth-order valence-electron chi connectivity index (χ4n) is 2.77. The zero-order valence-electron chi connectivity index (χ0n) is 11.5. The summed E-state index contributed by atoms with van der Waals surface area (Å²) in [5.74, 6) is 0.128. The van der Waals surface area contributed by atoms with Crippen LogP contribution in [0.15, 0.2) is 18.2 Å². The predicted octanol–water partition coefficient (Wildman–Crippen LogP) is 1.97. The Hall–Kier alpha value is -1.62. The van der Waals surface area contributed by atoms with E-state index in [-0.39, 0.29) is 11.7 Å². The first kappa shape index (κ1) is 13.4. The highest BCUT2D eigenvalue weighted by atomic mass is 19.1. The molecule has 2 heterocycles. The van der Waals surface area contributed by atoms with E-state index in [1.807, 2.05) is 0 Å². The summed E-state index contributed by atoms with van der Waals surface area (Å²) in [6.07, 6.45) is 2.74. The number of nitrogens with one attached hydrogen (secondary N) is 2. The summed E-state index contributed by atoms with van der Waals surface area (Å²) in [7, 11) is 0. The Labute approximate surface area is 118 Å². The predicted molar refractivity (Wildman–Crippen MR) is 77.5 cm³/mol. The van der Waals surface area contributed by atoms with E-state index in [4.69, 9.17) is 0 Å². The lowest BCUT2D eigenvalue weighted by molar-refractivity contribution is -0.117. The third-order valence-corrected chi connectivity index (χ3v) is 4.02. The minimum atomic E-state index is -0.255. The zero-order valence-corrected chi connectivity index (χ0v) is 11.5. The van der Waals surface area contributed by atoms with E-state index in [9.17, 15) is 9.18 Å². The molecule has 0 saturated carbocycles. The first-order chi connectivity index (χ1) is 9.72. The summed E-state index contributed by atoms with van der Waals surface area (Å²) in [6.45, 7) is 3.62. The largest absolute Gasteiger partial charge is 0.369 e. The van der Waals surface area contributed by atoms with Crippen LogP contribution in [0.4, 0.5) is 15.8 Å². The highest BCUT2D eigenvalue weighted by molar-refractivity contribution is 5.91. The summed E-state index contributed by atoms with van der Waals surface area (Å²) in [5, 5.41) is 5.91. The summed E-state index contributed by atoms with van der Waals surface area (Å²) in [5.41, 5.74) is 1.19. The van der Waals surface area contributed by atoms with Crippen molar-refractivity contribution < 1.29 is 9.18 Å². The number of anilines is 2. The second-order valence-electron chi connectivity index (χ2n) is 5.64. The van der Waals surface area contributed by atoms with Gasteiger partial charge >= 0.3 is 0 Å². The van der Waals surface area contributed by atoms with Gasteiger partial charge in [0.15, 0.2) is 0 Å². The number of rotatable bonds is 4. The molecule has 1 aromatic carbocycles. The van der Waals surface area contributed by atoms with Crippen LogP contribution in [0, 0.1) is 11.7 Å². The lowest BCUT2D eigenvalue weighted by Crippen LogP contribution is -2.43. The Kier molecular flexibility index (Phi) is 3.87. The first-order valence-electron chi connectivity index (χ1n) is 7.27. The van der Waals surface area contributed by atoms with Gasteiger partial charge in [0.05, 0.1) is 5.69 Å². The number of carbonyl (C=O) groups excluding carboxylic acids is 1. The fraction of sp³-hybridized carbons (Fsp3) is 0.533. The highest BCUT2D eigenvalue weighted by Gasteiger charge is 2.21. The summed E-state index contributed by atoms with van der Waals surface area (Å²) in [4.78, 5) is 13.9. The van der Waals surface area contributed by atoms with Gasteiger partial charge in [0.25, 0.3) is 0 Å². The molecule has 0 radical (unpaired) electrons. The lowest BCUT2D eigenvalue weighted by Gasteiger charge is -2.26. The number of halogens is 1. The molecule has 2 fully saturated rings. The Morgan fingerprint density at radius 2 is 2.10 bits per heavy atom. The van der Waals surface area contributed by atoms with Crippen LogP contribution in [0.25, 0.3) is 0 Å². The Bertz CT molecular complexity index is 496. The first-order valence-corrected chi connectivity index (χ1v) is 7.27. The number of hydrogen-bond acceptors (Lipinski definition) is 3. The van der Waals surface area contributed by atoms with E-state index >= 15 is 0 Å². The minimum absolute atomic E-state index is 0.0372. The summed E-state index contributed by atoms with van der Waals surface area (Å²) < 4.78 is 14.1. The van der Waals surface area contributed by atoms with Crippen molar-refractivity contribution in [3.63, 3.8) is 0 Å². The quantitative estimate of drug-likeness (QED) is 0.884. The highest BCUT2D eigenvalue weighted by Crippen LogP contribution is 2.26. The van der Waals surface area contributed by atoms with Gasteiger partial charge in [-0.2, -0.15) is 0 Å². The minimum Gasteiger partial charge on any atom is -0.369 e. The number of hydrogen-bond donors (Lipinski definition) is 2. The molecular formula is C15H20FN3O. The summed E-state index contributed by atoms with van der Waals surface area (Å²) in [6, 6.07) is 4.97. The molecule has 2 aliphatic rings. The van der Waals surface area contributed by atoms with Gasteiger partial charge in [-0.1, -0.05) is 0 Å². The van der Waals surface area contributed by atoms with E-state index in [1.54, 1.807) is 12.1 Å². The average Bonchev–Trinajstić information content (AvgIpc) is 2.88. The van der Waals surface area contributed by atoms with Gasteiger partial charge in [-0.3, -0.25) is 4.79 Å². The second kappa shape index (κ2) is 5.79. The van der Waals surface area contributed by atoms with Crippen LogP contribution in [0.3, 0.4) is 0 Å². The molecule has 0 atom stereocenters. The van der Waals surface area contributed by atoms with Crippen LogP contribution in [0.2, 0.25) is 0 Å². The maximum Gasteiger partial charge on any atom is 0.224 e. The second-order valence-corrected chi connectivity index (χ2v) is 5.64.